The van der Waals surface area contributed by atoms with Gasteiger partial charge >= 0.3 is 0 Å². The number of rotatable bonds is 6. The van der Waals surface area contributed by atoms with Crippen LogP contribution in [0.25, 0.3) is 0 Å². The number of aryl methyl sites for hydroxylation is 1. The van der Waals surface area contributed by atoms with Crippen LogP contribution in [0.5, 0.6) is 0 Å². The van der Waals surface area contributed by atoms with Gasteiger partial charge in [-0.2, -0.15) is 4.98 Å². The molecule has 0 spiro atoms. The SMILES string of the molecule is Cc1cc(Nc2ncc(F)c(NC3CCCCC3C(N)=O)n2)ccc1N1CCN(C)CC1. The molecule has 9 heteroatoms. The smallest absolute Gasteiger partial charge is 0.229 e. The number of carbonyl (C=O) groups is 1. The molecule has 2 unspecified atom stereocenters. The summed E-state index contributed by atoms with van der Waals surface area (Å²) in [6.45, 7) is 6.21. The summed E-state index contributed by atoms with van der Waals surface area (Å²) in [5.41, 5.74) is 8.77. The summed E-state index contributed by atoms with van der Waals surface area (Å²) in [5, 5.41) is 6.27. The molecule has 172 valence electrons. The largest absolute Gasteiger partial charge is 0.369 e. The second kappa shape index (κ2) is 9.68. The average Bonchev–Trinajstić information content (AvgIpc) is 2.77. The third-order valence-electron chi connectivity index (χ3n) is 6.49. The Labute approximate surface area is 188 Å². The molecule has 1 aromatic carbocycles. The van der Waals surface area contributed by atoms with Gasteiger partial charge in [-0.05, 0) is 50.6 Å². The van der Waals surface area contributed by atoms with Crippen molar-refractivity contribution in [2.75, 3.05) is 48.8 Å². The van der Waals surface area contributed by atoms with Crippen molar-refractivity contribution in [3.8, 4) is 0 Å². The number of hydrogen-bond acceptors (Lipinski definition) is 7. The van der Waals surface area contributed by atoms with Crippen molar-refractivity contribution in [1.82, 2.24) is 14.9 Å². The molecule has 2 aliphatic rings. The van der Waals surface area contributed by atoms with Gasteiger partial charge in [-0.25, -0.2) is 9.37 Å². The number of likely N-dealkylation sites (N-methyl/N-ethyl adjacent to an activating group) is 1. The summed E-state index contributed by atoms with van der Waals surface area (Å²) in [7, 11) is 2.14. The topological polar surface area (TPSA) is 99.4 Å². The second-order valence-corrected chi connectivity index (χ2v) is 8.85. The Hall–Kier alpha value is -2.94. The first-order valence-electron chi connectivity index (χ1n) is 11.3. The van der Waals surface area contributed by atoms with E-state index in [4.69, 9.17) is 5.73 Å². The number of benzene rings is 1. The molecule has 4 N–H and O–H groups in total. The number of nitrogens with zero attached hydrogens (tertiary/aromatic N) is 4. The summed E-state index contributed by atoms with van der Waals surface area (Å²) in [6, 6.07) is 5.93. The van der Waals surface area contributed by atoms with Crippen LogP contribution in [0.15, 0.2) is 24.4 Å². The molecular weight excluding hydrogens is 409 g/mol. The molecule has 1 aromatic heterocycles. The minimum atomic E-state index is -0.550. The molecule has 4 rings (SSSR count). The third-order valence-corrected chi connectivity index (χ3v) is 6.49. The zero-order chi connectivity index (χ0) is 22.7. The number of amides is 1. The van der Waals surface area contributed by atoms with Crippen LogP contribution in [-0.4, -0.2) is 60.0 Å². The predicted molar refractivity (Wildman–Crippen MR) is 125 cm³/mol. The van der Waals surface area contributed by atoms with Gasteiger partial charge in [0.2, 0.25) is 11.9 Å². The minimum absolute atomic E-state index is 0.0893. The van der Waals surface area contributed by atoms with E-state index < -0.39 is 5.82 Å². The predicted octanol–water partition coefficient (Wildman–Crippen LogP) is 2.88. The van der Waals surface area contributed by atoms with E-state index in [1.165, 1.54) is 5.69 Å². The molecule has 8 nitrogen and oxygen atoms in total. The van der Waals surface area contributed by atoms with Crippen LogP contribution >= 0.6 is 0 Å². The Morgan fingerprint density at radius 1 is 1.19 bits per heavy atom. The lowest BCUT2D eigenvalue weighted by molar-refractivity contribution is -0.122. The third kappa shape index (κ3) is 5.09. The van der Waals surface area contributed by atoms with E-state index in [2.05, 4.69) is 56.5 Å². The van der Waals surface area contributed by atoms with E-state index >= 15 is 0 Å². The molecule has 1 saturated carbocycles. The molecule has 0 bridgehead atoms. The number of hydrogen-bond donors (Lipinski definition) is 3. The number of anilines is 4. The van der Waals surface area contributed by atoms with Gasteiger partial charge in [0.25, 0.3) is 0 Å². The molecule has 2 heterocycles. The van der Waals surface area contributed by atoms with Crippen molar-refractivity contribution in [3.63, 3.8) is 0 Å². The maximum atomic E-state index is 14.4. The molecule has 1 amide bonds. The van der Waals surface area contributed by atoms with Crippen LogP contribution in [-0.2, 0) is 4.79 Å². The van der Waals surface area contributed by atoms with Crippen LogP contribution in [0.1, 0.15) is 31.2 Å². The fraction of sp³-hybridized carbons (Fsp3) is 0.522. The number of aromatic nitrogens is 2. The maximum absolute atomic E-state index is 14.4. The van der Waals surface area contributed by atoms with Gasteiger partial charge in [0, 0.05) is 43.6 Å². The first kappa shape index (κ1) is 22.3. The molecule has 1 aliphatic heterocycles. The van der Waals surface area contributed by atoms with E-state index in [0.29, 0.717) is 12.4 Å². The van der Waals surface area contributed by atoms with Gasteiger partial charge < -0.3 is 26.2 Å². The quantitative estimate of drug-likeness (QED) is 0.634. The summed E-state index contributed by atoms with van der Waals surface area (Å²) < 4.78 is 14.4. The molecular formula is C23H32FN7O. The van der Waals surface area contributed by atoms with Crippen molar-refractivity contribution in [1.29, 1.82) is 0 Å². The first-order valence-corrected chi connectivity index (χ1v) is 11.3. The summed E-state index contributed by atoms with van der Waals surface area (Å²) in [6.07, 6.45) is 4.54. The fourth-order valence-electron chi connectivity index (χ4n) is 4.61. The highest BCUT2D eigenvalue weighted by Crippen LogP contribution is 2.29. The zero-order valence-corrected chi connectivity index (χ0v) is 18.8. The second-order valence-electron chi connectivity index (χ2n) is 8.85. The van der Waals surface area contributed by atoms with Crippen LogP contribution in [0.4, 0.5) is 27.5 Å². The number of piperazine rings is 1. The molecule has 0 radical (unpaired) electrons. The first-order chi connectivity index (χ1) is 15.4. The summed E-state index contributed by atoms with van der Waals surface area (Å²) in [4.78, 5) is 24.9. The van der Waals surface area contributed by atoms with Gasteiger partial charge in [-0.3, -0.25) is 4.79 Å². The van der Waals surface area contributed by atoms with Crippen molar-refractivity contribution in [2.24, 2.45) is 11.7 Å². The van der Waals surface area contributed by atoms with E-state index in [-0.39, 0.29) is 23.7 Å². The minimum Gasteiger partial charge on any atom is -0.369 e. The Kier molecular flexibility index (Phi) is 6.74. The Morgan fingerprint density at radius 3 is 2.66 bits per heavy atom. The molecule has 1 saturated heterocycles. The highest BCUT2D eigenvalue weighted by molar-refractivity contribution is 5.78. The molecule has 2 atom stereocenters. The molecule has 1 aliphatic carbocycles. The highest BCUT2D eigenvalue weighted by atomic mass is 19.1. The van der Waals surface area contributed by atoms with Crippen LogP contribution < -0.4 is 21.3 Å². The van der Waals surface area contributed by atoms with Crippen molar-refractivity contribution >= 4 is 29.0 Å². The zero-order valence-electron chi connectivity index (χ0n) is 18.8. The number of halogens is 1. The average molecular weight is 442 g/mol. The van der Waals surface area contributed by atoms with Crippen LogP contribution in [0, 0.1) is 18.7 Å². The Morgan fingerprint density at radius 2 is 1.94 bits per heavy atom. The molecule has 32 heavy (non-hydrogen) atoms. The van der Waals surface area contributed by atoms with Gasteiger partial charge in [-0.15, -0.1) is 0 Å². The number of primary amides is 1. The normalized spacial score (nSPS) is 21.9. The van der Waals surface area contributed by atoms with Gasteiger partial charge in [-0.1, -0.05) is 12.8 Å². The van der Waals surface area contributed by atoms with Crippen molar-refractivity contribution in [3.05, 3.63) is 35.8 Å². The Balaban J connectivity index is 1.47. The van der Waals surface area contributed by atoms with Crippen molar-refractivity contribution in [2.45, 2.75) is 38.6 Å². The van der Waals surface area contributed by atoms with Gasteiger partial charge in [0.05, 0.1) is 12.1 Å². The van der Waals surface area contributed by atoms with E-state index in [1.807, 2.05) is 6.07 Å². The lowest BCUT2D eigenvalue weighted by atomic mass is 9.84. The summed E-state index contributed by atoms with van der Waals surface area (Å²) >= 11 is 0. The lowest BCUT2D eigenvalue weighted by Gasteiger charge is -2.35. The molecule has 2 fully saturated rings. The molecule has 2 aromatic rings. The fourth-order valence-corrected chi connectivity index (χ4v) is 4.61. The van der Waals surface area contributed by atoms with Crippen LogP contribution in [0.2, 0.25) is 0 Å². The van der Waals surface area contributed by atoms with Gasteiger partial charge in [0.1, 0.15) is 0 Å². The number of carbonyl (C=O) groups excluding carboxylic acids is 1. The standard InChI is InChI=1S/C23H32FN7O/c1-15-13-16(7-8-20(15)31-11-9-30(2)10-12-31)27-23-26-14-18(24)22(29-23)28-19-6-4-3-5-17(19)21(25)32/h7-8,13-14,17,19H,3-6,9-12H2,1-2H3,(H2,25,32)(H2,26,27,28,29). The van der Waals surface area contributed by atoms with E-state index in [9.17, 15) is 9.18 Å². The van der Waals surface area contributed by atoms with Gasteiger partial charge in [0.15, 0.2) is 11.6 Å². The van der Waals surface area contributed by atoms with Crippen molar-refractivity contribution < 1.29 is 9.18 Å². The van der Waals surface area contributed by atoms with E-state index in [1.54, 1.807) is 0 Å². The highest BCUT2D eigenvalue weighted by Gasteiger charge is 2.30. The van der Waals surface area contributed by atoms with E-state index in [0.717, 1.165) is 62.9 Å². The maximum Gasteiger partial charge on any atom is 0.229 e. The number of nitrogens with one attached hydrogen (secondary N) is 2. The summed E-state index contributed by atoms with van der Waals surface area (Å²) in [5.74, 6) is -0.838. The Bertz CT molecular complexity index is 961. The van der Waals surface area contributed by atoms with Crippen LogP contribution in [0.3, 0.4) is 0 Å². The lowest BCUT2D eigenvalue weighted by Crippen LogP contribution is -2.44. The monoisotopic (exact) mass is 441 g/mol. The number of nitrogens with two attached hydrogens (primary N) is 1.